The Morgan fingerprint density at radius 1 is 0.450 bits per heavy atom. The zero-order valence-corrected chi connectivity index (χ0v) is 45.8. The average Bonchev–Trinajstić information content (AvgIpc) is 3.43. The molecule has 8 rings (SSSR count). The van der Waals surface area contributed by atoms with Gasteiger partial charge in [0.2, 0.25) is 0 Å². The highest BCUT2D eigenvalue weighted by atomic mass is 19.2. The molecule has 4 unspecified atom stereocenters. The molecule has 0 aromatic heterocycles. The minimum absolute atomic E-state index is 0. The first-order valence-electron chi connectivity index (χ1n) is 25.9. The van der Waals surface area contributed by atoms with Crippen LogP contribution in [-0.4, -0.2) is 26.5 Å². The second-order valence-corrected chi connectivity index (χ2v) is 18.9. The Morgan fingerprint density at radius 2 is 0.688 bits per heavy atom. The van der Waals surface area contributed by atoms with Crippen molar-refractivity contribution in [1.82, 2.24) is 0 Å². The SMILES string of the molecule is CC.CC(=O)C(C)C(c1cccc(F)c1)c1cccc(F)c1.CC(C=O)C(c1cccc(F)c1)c1cccc(F)c1.CC(N)C(C)C(c1cccc(F)c1)c1cccc(F)c1.N#CCC(c1cccc(F)c1)c1cccc(F)c1.[B]. The van der Waals surface area contributed by atoms with Gasteiger partial charge in [-0.15, -0.1) is 0 Å². The lowest BCUT2D eigenvalue weighted by Crippen LogP contribution is -2.30. The zero-order valence-electron chi connectivity index (χ0n) is 45.8. The highest BCUT2D eigenvalue weighted by molar-refractivity contribution is 5.79. The molecule has 0 heterocycles. The predicted octanol–water partition coefficient (Wildman–Crippen LogP) is 17.0. The number of nitrogens with zero attached hydrogens (tertiary/aromatic N) is 1. The number of benzene rings is 8. The summed E-state index contributed by atoms with van der Waals surface area (Å²) in [6.07, 6.45) is 0.993. The molecule has 0 saturated carbocycles. The van der Waals surface area contributed by atoms with E-state index in [0.717, 1.165) is 17.4 Å². The predicted molar refractivity (Wildman–Crippen MR) is 304 cm³/mol. The van der Waals surface area contributed by atoms with Gasteiger partial charge in [-0.05, 0) is 161 Å². The molecule has 4 nitrogen and oxygen atoms in total. The van der Waals surface area contributed by atoms with Crippen molar-refractivity contribution in [1.29, 1.82) is 5.26 Å². The molecular formula is C67H66BF8N2O2. The summed E-state index contributed by atoms with van der Waals surface area (Å²) in [7, 11) is 0. The van der Waals surface area contributed by atoms with Crippen molar-refractivity contribution in [2.75, 3.05) is 0 Å². The van der Waals surface area contributed by atoms with Crippen LogP contribution < -0.4 is 5.73 Å². The van der Waals surface area contributed by atoms with Gasteiger partial charge in [0.1, 0.15) is 58.6 Å². The van der Waals surface area contributed by atoms with Gasteiger partial charge in [-0.2, -0.15) is 5.26 Å². The molecule has 0 spiro atoms. The molecule has 3 radical (unpaired) electrons. The van der Waals surface area contributed by atoms with E-state index in [1.54, 1.807) is 98.8 Å². The quantitative estimate of drug-likeness (QED) is 0.0630. The van der Waals surface area contributed by atoms with Gasteiger partial charge in [-0.1, -0.05) is 132 Å². The minimum atomic E-state index is -0.364. The molecule has 0 fully saturated rings. The van der Waals surface area contributed by atoms with Crippen molar-refractivity contribution in [3.63, 3.8) is 0 Å². The summed E-state index contributed by atoms with van der Waals surface area (Å²) in [4.78, 5) is 22.8. The highest BCUT2D eigenvalue weighted by Crippen LogP contribution is 2.36. The van der Waals surface area contributed by atoms with E-state index in [2.05, 4.69) is 6.07 Å². The third-order valence-corrected chi connectivity index (χ3v) is 13.3. The number of Topliss-reactive ketones (excluding diaryl/α,β-unsaturated/α-hetero) is 1. The van der Waals surface area contributed by atoms with Crippen molar-refractivity contribution < 1.29 is 44.7 Å². The van der Waals surface area contributed by atoms with Gasteiger partial charge in [-0.25, -0.2) is 35.1 Å². The molecule has 0 saturated heterocycles. The van der Waals surface area contributed by atoms with E-state index in [4.69, 9.17) is 11.0 Å². The molecule has 0 bridgehead atoms. The topological polar surface area (TPSA) is 83.9 Å². The van der Waals surface area contributed by atoms with E-state index >= 15 is 0 Å². The zero-order chi connectivity index (χ0) is 58.2. The highest BCUT2D eigenvalue weighted by Gasteiger charge is 2.27. The van der Waals surface area contributed by atoms with Gasteiger partial charge >= 0.3 is 0 Å². The van der Waals surface area contributed by atoms with Crippen LogP contribution in [0.15, 0.2) is 194 Å². The van der Waals surface area contributed by atoms with Gasteiger partial charge in [0.05, 0.1) is 6.07 Å². The van der Waals surface area contributed by atoms with Crippen LogP contribution in [0.3, 0.4) is 0 Å². The fourth-order valence-corrected chi connectivity index (χ4v) is 9.15. The number of rotatable bonds is 15. The van der Waals surface area contributed by atoms with Crippen LogP contribution in [0.25, 0.3) is 0 Å². The first-order valence-corrected chi connectivity index (χ1v) is 25.9. The molecule has 415 valence electrons. The fourth-order valence-electron chi connectivity index (χ4n) is 9.15. The normalized spacial score (nSPS) is 12.0. The van der Waals surface area contributed by atoms with Gasteiger partial charge < -0.3 is 10.5 Å². The summed E-state index contributed by atoms with van der Waals surface area (Å²) in [5.74, 6) is -4.51. The molecule has 0 aliphatic heterocycles. The number of ketones is 1. The van der Waals surface area contributed by atoms with E-state index in [-0.39, 0.29) is 115 Å². The molecule has 0 aliphatic carbocycles. The lowest BCUT2D eigenvalue weighted by Gasteiger charge is -2.28. The maximum absolute atomic E-state index is 13.5. The third kappa shape index (κ3) is 20.1. The number of hydrogen-bond acceptors (Lipinski definition) is 4. The van der Waals surface area contributed by atoms with Crippen LogP contribution in [0.1, 0.15) is 123 Å². The van der Waals surface area contributed by atoms with Crippen LogP contribution in [0.2, 0.25) is 0 Å². The monoisotopic (exact) mass is 1090 g/mol. The Morgan fingerprint density at radius 3 is 0.912 bits per heavy atom. The van der Waals surface area contributed by atoms with Crippen LogP contribution in [0, 0.1) is 75.6 Å². The van der Waals surface area contributed by atoms with Crippen LogP contribution in [0.5, 0.6) is 0 Å². The van der Waals surface area contributed by atoms with E-state index in [0.29, 0.717) is 33.4 Å². The Bertz CT molecular complexity index is 3060. The second-order valence-electron chi connectivity index (χ2n) is 18.9. The van der Waals surface area contributed by atoms with Crippen molar-refractivity contribution in [3.8, 4) is 6.07 Å². The molecular weight excluding hydrogens is 1030 g/mol. The summed E-state index contributed by atoms with van der Waals surface area (Å²) in [5, 5.41) is 8.86. The lowest BCUT2D eigenvalue weighted by atomic mass is 9.78. The van der Waals surface area contributed by atoms with E-state index in [1.807, 2.05) is 39.8 Å². The minimum Gasteiger partial charge on any atom is -0.328 e. The summed E-state index contributed by atoms with van der Waals surface area (Å²) in [5.41, 5.74) is 11.7. The van der Waals surface area contributed by atoms with Gasteiger partial charge in [-0.3, -0.25) is 4.79 Å². The number of hydrogen-bond donors (Lipinski definition) is 1. The number of carbonyl (C=O) groups excluding carboxylic acids is 2. The second kappa shape index (κ2) is 33.5. The standard InChI is InChI=1S/C17H19F2N.C17H16F2O.C16H14F2O.C15H11F2N.C2H6.B/c2*1-11(12(2)20)17(13-5-3-7-15(18)9-13)14-6-4-8-16(19)10-14;1-11(10-19)16(12-4-2-6-14(17)8-12)13-5-3-7-15(18)9-13;16-13-5-1-3-11(9-13)15(7-8-18)12-4-2-6-14(17)10-12;1-2;/h3-12,17H,20H2,1-2H3;3-11,17H,1-2H3;2-11,16H,1H3;1-6,9-10,15H,7H2;1-2H3;. The lowest BCUT2D eigenvalue weighted by molar-refractivity contribution is -0.120. The maximum atomic E-state index is 13.5. The van der Waals surface area contributed by atoms with Crippen LogP contribution in [-0.2, 0) is 9.59 Å². The van der Waals surface area contributed by atoms with Crippen LogP contribution in [0.4, 0.5) is 35.1 Å². The molecule has 13 heteroatoms. The summed E-state index contributed by atoms with van der Waals surface area (Å²) in [6.45, 7) is 12.9. The Hall–Kier alpha value is -7.95. The summed E-state index contributed by atoms with van der Waals surface area (Å²) < 4.78 is 107. The molecule has 8 aromatic rings. The van der Waals surface area contributed by atoms with Crippen molar-refractivity contribution in [2.24, 2.45) is 23.5 Å². The molecule has 8 aromatic carbocycles. The maximum Gasteiger partial charge on any atom is 0.133 e. The molecule has 4 atom stereocenters. The van der Waals surface area contributed by atoms with E-state index in [9.17, 15) is 44.7 Å². The molecule has 0 amide bonds. The summed E-state index contributed by atoms with van der Waals surface area (Å²) in [6, 6.07) is 51.3. The Labute approximate surface area is 467 Å². The average molecular weight is 1090 g/mol. The first-order chi connectivity index (χ1) is 37.8. The smallest absolute Gasteiger partial charge is 0.133 e. The van der Waals surface area contributed by atoms with Gasteiger partial charge in [0.15, 0.2) is 0 Å². The Balaban J connectivity index is 0.000000276. The van der Waals surface area contributed by atoms with E-state index < -0.39 is 0 Å². The van der Waals surface area contributed by atoms with E-state index in [1.165, 1.54) is 104 Å². The van der Waals surface area contributed by atoms with Gasteiger partial charge in [0, 0.05) is 56.4 Å². The van der Waals surface area contributed by atoms with Crippen molar-refractivity contribution >= 4 is 20.5 Å². The molecule has 0 aliphatic rings. The fraction of sp³-hybridized carbons (Fsp3) is 0.239. The van der Waals surface area contributed by atoms with Crippen molar-refractivity contribution in [3.05, 3.63) is 285 Å². The largest absolute Gasteiger partial charge is 0.328 e. The number of carbonyl (C=O) groups is 2. The molecule has 80 heavy (non-hydrogen) atoms. The summed E-state index contributed by atoms with van der Waals surface area (Å²) >= 11 is 0. The van der Waals surface area contributed by atoms with Crippen LogP contribution >= 0.6 is 0 Å². The number of halogens is 8. The number of aldehydes is 1. The number of nitrogens with two attached hydrogens (primary N) is 1. The van der Waals surface area contributed by atoms with Gasteiger partial charge in [0.25, 0.3) is 0 Å². The number of nitriles is 1. The first kappa shape index (κ1) is 66.3. The molecule has 2 N–H and O–H groups in total. The Kier molecular flexibility index (Phi) is 27.8. The third-order valence-electron chi connectivity index (χ3n) is 13.3. The van der Waals surface area contributed by atoms with Crippen molar-refractivity contribution in [2.45, 2.75) is 84.6 Å².